The van der Waals surface area contributed by atoms with Crippen molar-refractivity contribution in [2.24, 2.45) is 0 Å². The van der Waals surface area contributed by atoms with Crippen LogP contribution in [0.4, 0.5) is 10.1 Å². The van der Waals surface area contributed by atoms with Gasteiger partial charge in [-0.2, -0.15) is 0 Å². The SMILES string of the molecule is C[C@@H](OC(=O)c1cc2cc([N+](=O)[O-])ccc2s1)C(=O)c1ccc(F)cc1. The van der Waals surface area contributed by atoms with Crippen molar-refractivity contribution in [3.8, 4) is 0 Å². The monoisotopic (exact) mass is 373 g/mol. The van der Waals surface area contributed by atoms with Crippen molar-refractivity contribution in [2.75, 3.05) is 0 Å². The van der Waals surface area contributed by atoms with E-state index in [4.69, 9.17) is 4.74 Å². The van der Waals surface area contributed by atoms with E-state index in [1.165, 1.54) is 37.3 Å². The second kappa shape index (κ2) is 7.01. The zero-order valence-corrected chi connectivity index (χ0v) is 14.3. The molecule has 2 aromatic carbocycles. The summed E-state index contributed by atoms with van der Waals surface area (Å²) < 4.78 is 18.8. The number of rotatable bonds is 5. The number of halogens is 1. The van der Waals surface area contributed by atoms with Crippen LogP contribution in [0.25, 0.3) is 10.1 Å². The Kier molecular flexibility index (Phi) is 4.77. The zero-order chi connectivity index (χ0) is 18.8. The fraction of sp³-hybridized carbons (Fsp3) is 0.111. The summed E-state index contributed by atoms with van der Waals surface area (Å²) in [4.78, 5) is 35.1. The van der Waals surface area contributed by atoms with Crippen molar-refractivity contribution in [2.45, 2.75) is 13.0 Å². The van der Waals surface area contributed by atoms with E-state index >= 15 is 0 Å². The number of nitro benzene ring substituents is 1. The molecule has 0 bridgehead atoms. The minimum atomic E-state index is -1.05. The topological polar surface area (TPSA) is 86.5 Å². The van der Waals surface area contributed by atoms with Crippen LogP contribution in [0.2, 0.25) is 0 Å². The standard InChI is InChI=1S/C18H12FNO5S/c1-10(17(21)11-2-4-13(19)5-3-11)25-18(22)16-9-12-8-14(20(23)24)6-7-15(12)26-16/h2-10H,1H3/t10-/m1/s1. The molecule has 1 heterocycles. The number of ether oxygens (including phenoxy) is 1. The number of thiophene rings is 1. The molecule has 132 valence electrons. The molecule has 0 aliphatic carbocycles. The fourth-order valence-electron chi connectivity index (χ4n) is 2.37. The average molecular weight is 373 g/mol. The number of nitro groups is 1. The molecule has 0 amide bonds. The fourth-order valence-corrected chi connectivity index (χ4v) is 3.29. The molecule has 0 saturated heterocycles. The van der Waals surface area contributed by atoms with Crippen LogP contribution in [-0.4, -0.2) is 22.8 Å². The molecule has 0 N–H and O–H groups in total. The van der Waals surface area contributed by atoms with Crippen molar-refractivity contribution in [3.05, 3.63) is 74.9 Å². The van der Waals surface area contributed by atoms with Gasteiger partial charge in [0.15, 0.2) is 6.10 Å². The first-order chi connectivity index (χ1) is 12.3. The number of nitrogens with zero attached hydrogens (tertiary/aromatic N) is 1. The van der Waals surface area contributed by atoms with Gasteiger partial charge in [-0.1, -0.05) is 0 Å². The number of Topliss-reactive ketones (excluding diaryl/α,β-unsaturated/α-hetero) is 1. The van der Waals surface area contributed by atoms with Crippen LogP contribution in [0, 0.1) is 15.9 Å². The highest BCUT2D eigenvalue weighted by atomic mass is 32.1. The lowest BCUT2D eigenvalue weighted by Gasteiger charge is -2.11. The number of non-ortho nitro benzene ring substituents is 1. The highest BCUT2D eigenvalue weighted by molar-refractivity contribution is 7.20. The third-order valence-corrected chi connectivity index (χ3v) is 4.79. The second-order valence-corrected chi connectivity index (χ2v) is 6.59. The minimum absolute atomic E-state index is 0.0740. The lowest BCUT2D eigenvalue weighted by atomic mass is 10.1. The van der Waals surface area contributed by atoms with E-state index in [0.29, 0.717) is 10.1 Å². The van der Waals surface area contributed by atoms with Crippen LogP contribution in [0.15, 0.2) is 48.5 Å². The Morgan fingerprint density at radius 1 is 1.15 bits per heavy atom. The first kappa shape index (κ1) is 17.7. The quantitative estimate of drug-likeness (QED) is 0.287. The molecule has 0 saturated carbocycles. The van der Waals surface area contributed by atoms with E-state index in [1.807, 2.05) is 0 Å². The van der Waals surface area contributed by atoms with E-state index < -0.39 is 28.6 Å². The highest BCUT2D eigenvalue weighted by Gasteiger charge is 2.22. The predicted molar refractivity (Wildman–Crippen MR) is 94.1 cm³/mol. The van der Waals surface area contributed by atoms with Gasteiger partial charge >= 0.3 is 5.97 Å². The Hall–Kier alpha value is -3.13. The van der Waals surface area contributed by atoms with Gasteiger partial charge in [0, 0.05) is 27.8 Å². The summed E-state index contributed by atoms with van der Waals surface area (Å²) in [7, 11) is 0. The molecule has 0 spiro atoms. The summed E-state index contributed by atoms with van der Waals surface area (Å²) in [5, 5.41) is 11.4. The number of carbonyl (C=O) groups is 2. The van der Waals surface area contributed by atoms with E-state index in [-0.39, 0.29) is 16.1 Å². The molecule has 0 unspecified atom stereocenters. The number of ketones is 1. The van der Waals surface area contributed by atoms with E-state index in [2.05, 4.69) is 0 Å². The number of hydrogen-bond acceptors (Lipinski definition) is 6. The average Bonchev–Trinajstić information content (AvgIpc) is 3.05. The van der Waals surface area contributed by atoms with Crippen LogP contribution < -0.4 is 0 Å². The summed E-state index contributed by atoms with van der Waals surface area (Å²) in [6.45, 7) is 1.43. The Balaban J connectivity index is 1.76. The number of hydrogen-bond donors (Lipinski definition) is 0. The number of fused-ring (bicyclic) bond motifs is 1. The maximum absolute atomic E-state index is 12.9. The van der Waals surface area contributed by atoms with Crippen LogP contribution in [0.5, 0.6) is 0 Å². The molecule has 26 heavy (non-hydrogen) atoms. The summed E-state index contributed by atoms with van der Waals surface area (Å²) in [5.74, 6) is -1.61. The van der Waals surface area contributed by atoms with Crippen LogP contribution >= 0.6 is 11.3 Å². The molecule has 0 aliphatic rings. The van der Waals surface area contributed by atoms with Gasteiger partial charge in [-0.25, -0.2) is 9.18 Å². The summed E-state index contributed by atoms with van der Waals surface area (Å²) in [6.07, 6.45) is -1.05. The number of carbonyl (C=O) groups excluding carboxylic acids is 2. The van der Waals surface area contributed by atoms with Gasteiger partial charge < -0.3 is 4.74 Å². The van der Waals surface area contributed by atoms with Gasteiger partial charge in [-0.3, -0.25) is 14.9 Å². The third kappa shape index (κ3) is 3.60. The van der Waals surface area contributed by atoms with Crippen molar-refractivity contribution < 1.29 is 23.6 Å². The van der Waals surface area contributed by atoms with Crippen molar-refractivity contribution >= 4 is 38.9 Å². The van der Waals surface area contributed by atoms with Crippen molar-refractivity contribution in [1.29, 1.82) is 0 Å². The zero-order valence-electron chi connectivity index (χ0n) is 13.5. The smallest absolute Gasteiger partial charge is 0.349 e. The molecular formula is C18H12FNO5S. The maximum Gasteiger partial charge on any atom is 0.349 e. The highest BCUT2D eigenvalue weighted by Crippen LogP contribution is 2.29. The molecule has 0 aliphatic heterocycles. The lowest BCUT2D eigenvalue weighted by molar-refractivity contribution is -0.384. The Labute approximate surface area is 151 Å². The number of benzene rings is 2. The second-order valence-electron chi connectivity index (χ2n) is 5.51. The lowest BCUT2D eigenvalue weighted by Crippen LogP contribution is -2.24. The van der Waals surface area contributed by atoms with E-state index in [1.54, 1.807) is 6.07 Å². The molecule has 0 radical (unpaired) electrons. The van der Waals surface area contributed by atoms with E-state index in [0.717, 1.165) is 23.5 Å². The normalized spacial score (nSPS) is 11.9. The van der Waals surface area contributed by atoms with Gasteiger partial charge in [0.05, 0.1) is 4.92 Å². The Morgan fingerprint density at radius 3 is 2.50 bits per heavy atom. The molecule has 8 heteroatoms. The summed E-state index contributed by atoms with van der Waals surface area (Å²) >= 11 is 1.12. The number of esters is 1. The molecule has 1 atom stereocenters. The van der Waals surface area contributed by atoms with Crippen molar-refractivity contribution in [3.63, 3.8) is 0 Å². The Morgan fingerprint density at radius 2 is 1.85 bits per heavy atom. The van der Waals surface area contributed by atoms with Crippen LogP contribution in [-0.2, 0) is 4.74 Å². The third-order valence-electron chi connectivity index (χ3n) is 3.69. The molecule has 3 aromatic rings. The van der Waals surface area contributed by atoms with Gasteiger partial charge in [0.25, 0.3) is 5.69 Å². The molecule has 0 fully saturated rings. The molecule has 1 aromatic heterocycles. The largest absolute Gasteiger partial charge is 0.450 e. The first-order valence-electron chi connectivity index (χ1n) is 7.54. The van der Waals surface area contributed by atoms with Crippen LogP contribution in [0.1, 0.15) is 27.0 Å². The van der Waals surface area contributed by atoms with Gasteiger partial charge in [0.1, 0.15) is 10.7 Å². The summed E-state index contributed by atoms with van der Waals surface area (Å²) in [6, 6.07) is 10.7. The molecular weight excluding hydrogens is 361 g/mol. The van der Waals surface area contributed by atoms with Crippen LogP contribution in [0.3, 0.4) is 0 Å². The summed E-state index contributed by atoms with van der Waals surface area (Å²) in [5.41, 5.74) is 0.161. The molecule has 6 nitrogen and oxygen atoms in total. The van der Waals surface area contributed by atoms with E-state index in [9.17, 15) is 24.1 Å². The van der Waals surface area contributed by atoms with Gasteiger partial charge in [0.2, 0.25) is 5.78 Å². The Bertz CT molecular complexity index is 1010. The predicted octanol–water partition coefficient (Wildman–Crippen LogP) is 4.38. The van der Waals surface area contributed by atoms with Crippen molar-refractivity contribution in [1.82, 2.24) is 0 Å². The molecule has 3 rings (SSSR count). The van der Waals surface area contributed by atoms with Gasteiger partial charge in [-0.15, -0.1) is 11.3 Å². The first-order valence-corrected chi connectivity index (χ1v) is 8.35. The van der Waals surface area contributed by atoms with Gasteiger partial charge in [-0.05, 0) is 43.3 Å². The minimum Gasteiger partial charge on any atom is -0.450 e. The maximum atomic E-state index is 12.9.